The Morgan fingerprint density at radius 3 is 2.50 bits per heavy atom. The highest BCUT2D eigenvalue weighted by atomic mass is 19.1. The summed E-state index contributed by atoms with van der Waals surface area (Å²) in [4.78, 5) is 11.9. The zero-order valence-corrected chi connectivity index (χ0v) is 13.9. The van der Waals surface area contributed by atoms with Gasteiger partial charge in [0.15, 0.2) is 0 Å². The zero-order valence-electron chi connectivity index (χ0n) is 13.9. The van der Waals surface area contributed by atoms with Crippen molar-refractivity contribution in [1.29, 1.82) is 0 Å². The van der Waals surface area contributed by atoms with Crippen molar-refractivity contribution < 1.29 is 13.9 Å². The van der Waals surface area contributed by atoms with Crippen LogP contribution in [-0.4, -0.2) is 17.7 Å². The number of anilines is 2. The summed E-state index contributed by atoms with van der Waals surface area (Å²) in [6, 6.07) is 4.47. The van der Waals surface area contributed by atoms with E-state index in [1.54, 1.807) is 26.8 Å². The van der Waals surface area contributed by atoms with Crippen molar-refractivity contribution in [2.75, 3.05) is 10.6 Å². The van der Waals surface area contributed by atoms with Crippen LogP contribution in [0.5, 0.6) is 0 Å². The van der Waals surface area contributed by atoms with Gasteiger partial charge in [-0.25, -0.2) is 9.18 Å². The molecule has 1 aliphatic carbocycles. The second-order valence-corrected chi connectivity index (χ2v) is 7.34. The first kappa shape index (κ1) is 16.6. The summed E-state index contributed by atoms with van der Waals surface area (Å²) in [5.41, 5.74) is 0.764. The van der Waals surface area contributed by atoms with Crippen LogP contribution < -0.4 is 10.6 Å². The van der Waals surface area contributed by atoms with E-state index < -0.39 is 11.7 Å². The highest BCUT2D eigenvalue weighted by Gasteiger charge is 2.42. The lowest BCUT2D eigenvalue weighted by atomic mass is 10.0. The first-order valence-electron chi connectivity index (χ1n) is 7.65. The van der Waals surface area contributed by atoms with E-state index in [1.807, 2.05) is 0 Å². The standard InChI is InChI=1S/C17H25FN2O2/c1-11(17(5)8-9-17)19-14-10-12(18)6-7-13(14)20-15(21)22-16(2,3)4/h6-7,10-11,19H,8-9H2,1-5H3,(H,20,21). The Balaban J connectivity index is 2.12. The van der Waals surface area contributed by atoms with Crippen molar-refractivity contribution in [3.8, 4) is 0 Å². The normalized spacial score (nSPS) is 17.5. The fourth-order valence-electron chi connectivity index (χ4n) is 2.20. The number of carbonyl (C=O) groups excluding carboxylic acids is 1. The maximum Gasteiger partial charge on any atom is 0.412 e. The maximum absolute atomic E-state index is 13.5. The number of halogens is 1. The fourth-order valence-corrected chi connectivity index (χ4v) is 2.20. The third kappa shape index (κ3) is 4.36. The van der Waals surface area contributed by atoms with Crippen LogP contribution in [0.25, 0.3) is 0 Å². The maximum atomic E-state index is 13.5. The Morgan fingerprint density at radius 1 is 1.32 bits per heavy atom. The Kier molecular flexibility index (Phi) is 4.36. The minimum atomic E-state index is -0.577. The minimum absolute atomic E-state index is 0.202. The van der Waals surface area contributed by atoms with Crippen molar-refractivity contribution in [2.24, 2.45) is 5.41 Å². The summed E-state index contributed by atoms with van der Waals surface area (Å²) in [5, 5.41) is 5.99. The zero-order chi connectivity index (χ0) is 16.5. The van der Waals surface area contributed by atoms with Crippen LogP contribution >= 0.6 is 0 Å². The Bertz CT molecular complexity index is 562. The van der Waals surface area contributed by atoms with Gasteiger partial charge in [-0.1, -0.05) is 6.92 Å². The summed E-state index contributed by atoms with van der Waals surface area (Å²) in [6.07, 6.45) is 1.77. The van der Waals surface area contributed by atoms with Crippen molar-refractivity contribution in [3.63, 3.8) is 0 Å². The average Bonchev–Trinajstić information content (AvgIpc) is 3.10. The molecule has 2 N–H and O–H groups in total. The fraction of sp³-hybridized carbons (Fsp3) is 0.588. The van der Waals surface area contributed by atoms with Gasteiger partial charge in [0.2, 0.25) is 0 Å². The van der Waals surface area contributed by atoms with E-state index in [1.165, 1.54) is 12.1 Å². The van der Waals surface area contributed by atoms with Gasteiger partial charge >= 0.3 is 6.09 Å². The Morgan fingerprint density at radius 2 is 1.95 bits per heavy atom. The van der Waals surface area contributed by atoms with Gasteiger partial charge in [0, 0.05) is 6.04 Å². The number of benzene rings is 1. The molecule has 0 bridgehead atoms. The number of nitrogens with one attached hydrogen (secondary N) is 2. The summed E-state index contributed by atoms with van der Waals surface area (Å²) < 4.78 is 18.8. The van der Waals surface area contributed by atoms with Crippen LogP contribution in [-0.2, 0) is 4.74 Å². The van der Waals surface area contributed by atoms with Crippen LogP contribution in [0.4, 0.5) is 20.6 Å². The van der Waals surface area contributed by atoms with E-state index >= 15 is 0 Å². The van der Waals surface area contributed by atoms with Crippen molar-refractivity contribution in [3.05, 3.63) is 24.0 Å². The number of carbonyl (C=O) groups is 1. The van der Waals surface area contributed by atoms with Gasteiger partial charge in [-0.05, 0) is 64.2 Å². The van der Waals surface area contributed by atoms with Gasteiger partial charge in [-0.15, -0.1) is 0 Å². The molecule has 1 amide bonds. The van der Waals surface area contributed by atoms with E-state index in [9.17, 15) is 9.18 Å². The Hall–Kier alpha value is -1.78. The van der Waals surface area contributed by atoms with Gasteiger partial charge in [0.25, 0.3) is 0 Å². The van der Waals surface area contributed by atoms with Crippen LogP contribution in [0.1, 0.15) is 47.5 Å². The molecule has 0 aromatic heterocycles. The molecule has 0 radical (unpaired) electrons. The lowest BCUT2D eigenvalue weighted by molar-refractivity contribution is 0.0636. The number of amides is 1. The van der Waals surface area contributed by atoms with E-state index in [4.69, 9.17) is 4.74 Å². The Labute approximate surface area is 131 Å². The molecule has 0 spiro atoms. The summed E-state index contributed by atoms with van der Waals surface area (Å²) in [5.74, 6) is -0.342. The van der Waals surface area contributed by atoms with E-state index in [-0.39, 0.29) is 17.3 Å². The number of hydrogen-bond acceptors (Lipinski definition) is 3. The van der Waals surface area contributed by atoms with E-state index in [2.05, 4.69) is 24.5 Å². The van der Waals surface area contributed by atoms with Crippen LogP contribution in [0.2, 0.25) is 0 Å². The number of ether oxygens (including phenoxy) is 1. The van der Waals surface area contributed by atoms with Gasteiger partial charge in [-0.3, -0.25) is 5.32 Å². The second-order valence-electron chi connectivity index (χ2n) is 7.34. The van der Waals surface area contributed by atoms with E-state index in [0.717, 1.165) is 12.8 Å². The summed E-state index contributed by atoms with van der Waals surface area (Å²) in [6.45, 7) is 9.67. The first-order valence-corrected chi connectivity index (χ1v) is 7.65. The van der Waals surface area contributed by atoms with Gasteiger partial charge in [0.1, 0.15) is 11.4 Å². The molecule has 5 heteroatoms. The highest BCUT2D eigenvalue weighted by Crippen LogP contribution is 2.49. The molecule has 1 unspecified atom stereocenters. The average molecular weight is 308 g/mol. The van der Waals surface area contributed by atoms with Gasteiger partial charge in [-0.2, -0.15) is 0 Å². The smallest absolute Gasteiger partial charge is 0.412 e. The van der Waals surface area contributed by atoms with Crippen molar-refractivity contribution in [2.45, 2.75) is 59.1 Å². The molecule has 0 aliphatic heterocycles. The molecular weight excluding hydrogens is 283 g/mol. The predicted molar refractivity (Wildman–Crippen MR) is 86.7 cm³/mol. The third-order valence-corrected chi connectivity index (χ3v) is 4.07. The lowest BCUT2D eigenvalue weighted by Gasteiger charge is -2.24. The SMILES string of the molecule is CC(Nc1cc(F)ccc1NC(=O)OC(C)(C)C)C1(C)CC1. The summed E-state index contributed by atoms with van der Waals surface area (Å²) in [7, 11) is 0. The predicted octanol–water partition coefficient (Wildman–Crippen LogP) is 4.77. The molecule has 1 atom stereocenters. The molecule has 1 aromatic carbocycles. The molecule has 1 saturated carbocycles. The molecule has 122 valence electrons. The van der Waals surface area contributed by atoms with Crippen molar-refractivity contribution in [1.82, 2.24) is 0 Å². The molecule has 0 saturated heterocycles. The van der Waals surface area contributed by atoms with Crippen LogP contribution in [0.15, 0.2) is 18.2 Å². The lowest BCUT2D eigenvalue weighted by Crippen LogP contribution is -2.29. The molecule has 0 heterocycles. The second kappa shape index (κ2) is 5.78. The first-order chi connectivity index (χ1) is 10.1. The summed E-state index contributed by atoms with van der Waals surface area (Å²) >= 11 is 0. The molecule has 1 fully saturated rings. The van der Waals surface area contributed by atoms with Crippen LogP contribution in [0, 0.1) is 11.2 Å². The van der Waals surface area contributed by atoms with Crippen molar-refractivity contribution >= 4 is 17.5 Å². The highest BCUT2D eigenvalue weighted by molar-refractivity contribution is 5.89. The molecule has 4 nitrogen and oxygen atoms in total. The largest absolute Gasteiger partial charge is 0.444 e. The number of rotatable bonds is 4. The monoisotopic (exact) mass is 308 g/mol. The molecule has 2 rings (SSSR count). The third-order valence-electron chi connectivity index (χ3n) is 4.07. The van der Waals surface area contributed by atoms with Gasteiger partial charge in [0.05, 0.1) is 11.4 Å². The molecule has 22 heavy (non-hydrogen) atoms. The number of hydrogen-bond donors (Lipinski definition) is 2. The molecular formula is C17H25FN2O2. The van der Waals surface area contributed by atoms with Gasteiger partial charge < -0.3 is 10.1 Å². The topological polar surface area (TPSA) is 50.4 Å². The quantitative estimate of drug-likeness (QED) is 0.842. The van der Waals surface area contributed by atoms with Crippen LogP contribution in [0.3, 0.4) is 0 Å². The molecule has 1 aromatic rings. The molecule has 1 aliphatic rings. The van der Waals surface area contributed by atoms with E-state index in [0.29, 0.717) is 11.4 Å². The minimum Gasteiger partial charge on any atom is -0.444 e.